The molecule has 2 aromatic heterocycles. The van der Waals surface area contributed by atoms with E-state index in [1.807, 2.05) is 10.8 Å². The van der Waals surface area contributed by atoms with Gasteiger partial charge in [-0.3, -0.25) is 0 Å². The summed E-state index contributed by atoms with van der Waals surface area (Å²) < 4.78 is 28.3. The van der Waals surface area contributed by atoms with Gasteiger partial charge in [-0.15, -0.1) is 11.3 Å². The van der Waals surface area contributed by atoms with Crippen molar-refractivity contribution >= 4 is 21.4 Å². The normalized spacial score (nSPS) is 16.5. The van der Waals surface area contributed by atoms with Crippen molar-refractivity contribution in [3.63, 3.8) is 0 Å². The highest BCUT2D eigenvalue weighted by Gasteiger charge is 2.29. The Morgan fingerprint density at radius 3 is 3.00 bits per heavy atom. The summed E-state index contributed by atoms with van der Waals surface area (Å²) in [6.07, 6.45) is 3.54. The molecule has 6 nitrogen and oxygen atoms in total. The van der Waals surface area contributed by atoms with E-state index in [9.17, 15) is 8.42 Å². The van der Waals surface area contributed by atoms with Gasteiger partial charge in [0.05, 0.1) is 18.0 Å². The van der Waals surface area contributed by atoms with Crippen LogP contribution >= 0.6 is 11.3 Å². The van der Waals surface area contributed by atoms with E-state index in [0.717, 1.165) is 5.82 Å². The Balaban J connectivity index is 1.89. The predicted octanol–water partition coefficient (Wildman–Crippen LogP) is 0.641. The molecule has 8 heteroatoms. The van der Waals surface area contributed by atoms with Crippen LogP contribution in [0.2, 0.25) is 0 Å². The van der Waals surface area contributed by atoms with Crippen LogP contribution in [0.5, 0.6) is 0 Å². The molecule has 2 aromatic rings. The summed E-state index contributed by atoms with van der Waals surface area (Å²) in [5.41, 5.74) is 0. The molecule has 102 valence electrons. The molecule has 0 fully saturated rings. The summed E-state index contributed by atoms with van der Waals surface area (Å²) in [5.74, 6) is 0.757. The first-order chi connectivity index (χ1) is 9.11. The third-order valence-corrected chi connectivity index (χ3v) is 6.03. The standard InChI is InChI=1S/C11H13N3O3S2/c15-7-9-5-10(8-18-9)19(16,17)14-4-3-13-2-1-12-11(13)6-14/h1-2,5,8,15H,3-4,6-7H2. The fraction of sp³-hybridized carbons (Fsp3) is 0.364. The van der Waals surface area contributed by atoms with Crippen LogP contribution in [0.1, 0.15) is 10.7 Å². The Morgan fingerprint density at radius 1 is 1.42 bits per heavy atom. The van der Waals surface area contributed by atoms with Crippen molar-refractivity contribution in [1.82, 2.24) is 13.9 Å². The van der Waals surface area contributed by atoms with Crippen LogP contribution < -0.4 is 0 Å². The van der Waals surface area contributed by atoms with Crippen LogP contribution in [0, 0.1) is 0 Å². The van der Waals surface area contributed by atoms with Gasteiger partial charge in [0.1, 0.15) is 5.82 Å². The number of hydrogen-bond donors (Lipinski definition) is 1. The number of thiophene rings is 1. The minimum absolute atomic E-state index is 0.134. The lowest BCUT2D eigenvalue weighted by Crippen LogP contribution is -2.38. The quantitative estimate of drug-likeness (QED) is 0.902. The van der Waals surface area contributed by atoms with Gasteiger partial charge in [-0.05, 0) is 6.07 Å². The first-order valence-electron chi connectivity index (χ1n) is 5.79. The van der Waals surface area contributed by atoms with Crippen molar-refractivity contribution in [3.8, 4) is 0 Å². The fourth-order valence-corrected chi connectivity index (χ4v) is 4.59. The lowest BCUT2D eigenvalue weighted by molar-refractivity contribution is 0.285. The van der Waals surface area contributed by atoms with E-state index >= 15 is 0 Å². The van der Waals surface area contributed by atoms with Gasteiger partial charge in [0.25, 0.3) is 0 Å². The van der Waals surface area contributed by atoms with Crippen molar-refractivity contribution < 1.29 is 13.5 Å². The molecule has 1 aliphatic heterocycles. The van der Waals surface area contributed by atoms with Gasteiger partial charge in [-0.25, -0.2) is 13.4 Å². The molecular formula is C11H13N3O3S2. The van der Waals surface area contributed by atoms with E-state index in [1.165, 1.54) is 21.7 Å². The molecular weight excluding hydrogens is 286 g/mol. The molecule has 0 unspecified atom stereocenters. The number of aliphatic hydroxyl groups is 1. The van der Waals surface area contributed by atoms with Crippen molar-refractivity contribution in [2.45, 2.75) is 24.6 Å². The first-order valence-corrected chi connectivity index (χ1v) is 8.11. The predicted molar refractivity (Wildman–Crippen MR) is 70.1 cm³/mol. The second-order valence-corrected chi connectivity index (χ2v) is 7.22. The van der Waals surface area contributed by atoms with Gasteiger partial charge < -0.3 is 9.67 Å². The highest BCUT2D eigenvalue weighted by molar-refractivity contribution is 7.89. The molecule has 0 aromatic carbocycles. The Morgan fingerprint density at radius 2 is 2.26 bits per heavy atom. The van der Waals surface area contributed by atoms with Gasteiger partial charge >= 0.3 is 0 Å². The number of sulfonamides is 1. The number of hydrogen-bond acceptors (Lipinski definition) is 5. The number of aliphatic hydroxyl groups excluding tert-OH is 1. The van der Waals surface area contributed by atoms with Crippen molar-refractivity contribution in [2.75, 3.05) is 6.54 Å². The van der Waals surface area contributed by atoms with Crippen LogP contribution in [0.15, 0.2) is 28.7 Å². The first kappa shape index (κ1) is 12.8. The van der Waals surface area contributed by atoms with Crippen LogP contribution in [-0.2, 0) is 29.7 Å². The summed E-state index contributed by atoms with van der Waals surface area (Å²) in [4.78, 5) is 5.06. The molecule has 3 rings (SSSR count). The molecule has 0 atom stereocenters. The van der Waals surface area contributed by atoms with Gasteiger partial charge in [-0.2, -0.15) is 4.31 Å². The van der Waals surface area contributed by atoms with E-state index in [0.29, 0.717) is 24.5 Å². The average molecular weight is 299 g/mol. The molecule has 0 saturated heterocycles. The Labute approximate surface area is 115 Å². The minimum atomic E-state index is -3.49. The second kappa shape index (κ2) is 4.71. The summed E-state index contributed by atoms with van der Waals surface area (Å²) in [6, 6.07) is 1.53. The summed E-state index contributed by atoms with van der Waals surface area (Å²) in [5, 5.41) is 10.6. The van der Waals surface area contributed by atoms with Crippen molar-refractivity contribution in [1.29, 1.82) is 0 Å². The lowest BCUT2D eigenvalue weighted by Gasteiger charge is -2.26. The van der Waals surface area contributed by atoms with Crippen molar-refractivity contribution in [2.24, 2.45) is 0 Å². The SMILES string of the molecule is O=S(=O)(c1csc(CO)c1)N1CCn2ccnc2C1. The maximum Gasteiger partial charge on any atom is 0.244 e. The molecule has 0 radical (unpaired) electrons. The smallest absolute Gasteiger partial charge is 0.244 e. The van der Waals surface area contributed by atoms with Crippen LogP contribution in [0.25, 0.3) is 0 Å². The molecule has 0 saturated carbocycles. The van der Waals surface area contributed by atoms with Crippen LogP contribution in [0.4, 0.5) is 0 Å². The van der Waals surface area contributed by atoms with E-state index in [-0.39, 0.29) is 11.5 Å². The number of fused-ring (bicyclic) bond motifs is 1. The maximum absolute atomic E-state index is 12.5. The van der Waals surface area contributed by atoms with E-state index in [1.54, 1.807) is 11.6 Å². The zero-order chi connectivity index (χ0) is 13.5. The van der Waals surface area contributed by atoms with E-state index < -0.39 is 10.0 Å². The number of imidazole rings is 1. The lowest BCUT2D eigenvalue weighted by atomic mass is 10.4. The van der Waals surface area contributed by atoms with Crippen LogP contribution in [0.3, 0.4) is 0 Å². The molecule has 1 aliphatic rings. The average Bonchev–Trinajstić information content (AvgIpc) is 3.06. The Bertz CT molecular complexity index is 690. The topological polar surface area (TPSA) is 75.4 Å². The summed E-state index contributed by atoms with van der Waals surface area (Å²) >= 11 is 1.25. The van der Waals surface area contributed by atoms with Crippen molar-refractivity contribution in [3.05, 3.63) is 34.5 Å². The monoisotopic (exact) mass is 299 g/mol. The van der Waals surface area contributed by atoms with Gasteiger partial charge in [-0.1, -0.05) is 0 Å². The summed E-state index contributed by atoms with van der Waals surface area (Å²) in [7, 11) is -3.49. The number of rotatable bonds is 3. The number of aromatic nitrogens is 2. The molecule has 0 bridgehead atoms. The minimum Gasteiger partial charge on any atom is -0.391 e. The van der Waals surface area contributed by atoms with Crippen LogP contribution in [-0.4, -0.2) is 33.9 Å². The third-order valence-electron chi connectivity index (χ3n) is 3.13. The number of nitrogens with zero attached hydrogens (tertiary/aromatic N) is 3. The molecule has 3 heterocycles. The highest BCUT2D eigenvalue weighted by atomic mass is 32.2. The van der Waals surface area contributed by atoms with E-state index in [4.69, 9.17) is 5.11 Å². The summed E-state index contributed by atoms with van der Waals surface area (Å²) in [6.45, 7) is 1.21. The third kappa shape index (κ3) is 2.20. The van der Waals surface area contributed by atoms with Gasteiger partial charge in [0, 0.05) is 35.7 Å². The zero-order valence-electron chi connectivity index (χ0n) is 10.1. The highest BCUT2D eigenvalue weighted by Crippen LogP contribution is 2.25. The fourth-order valence-electron chi connectivity index (χ4n) is 2.08. The zero-order valence-corrected chi connectivity index (χ0v) is 11.7. The Kier molecular flexibility index (Phi) is 3.17. The molecule has 1 N–H and O–H groups in total. The second-order valence-electron chi connectivity index (χ2n) is 4.28. The van der Waals surface area contributed by atoms with Gasteiger partial charge in [0.15, 0.2) is 0 Å². The molecule has 0 amide bonds. The van der Waals surface area contributed by atoms with Gasteiger partial charge in [0.2, 0.25) is 10.0 Å². The molecule has 0 aliphatic carbocycles. The largest absolute Gasteiger partial charge is 0.391 e. The molecule has 0 spiro atoms. The molecule has 19 heavy (non-hydrogen) atoms. The van der Waals surface area contributed by atoms with E-state index in [2.05, 4.69) is 4.98 Å². The maximum atomic E-state index is 12.5. The Hall–Kier alpha value is -1.22.